The molecule has 6 nitrogen and oxygen atoms in total. The molecule has 0 atom stereocenters. The second kappa shape index (κ2) is 8.58. The summed E-state index contributed by atoms with van der Waals surface area (Å²) in [5, 5.41) is 14.7. The minimum Gasteiger partial charge on any atom is -0.309 e. The smallest absolute Gasteiger partial charge is 0.260 e. The number of benzene rings is 1. The Morgan fingerprint density at radius 2 is 2.00 bits per heavy atom. The average molecular weight is 486 g/mol. The molecule has 1 aromatic carbocycles. The Hall–Kier alpha value is -2.46. The Morgan fingerprint density at radius 3 is 2.77 bits per heavy atom. The van der Waals surface area contributed by atoms with Crippen molar-refractivity contribution in [1.82, 2.24) is 24.7 Å². The van der Waals surface area contributed by atoms with E-state index in [1.165, 1.54) is 23.1 Å². The molecule has 0 aliphatic rings. The highest BCUT2D eigenvalue weighted by Crippen LogP contribution is 2.35. The number of hydrogen-bond acceptors (Lipinski definition) is 7. The van der Waals surface area contributed by atoms with Crippen molar-refractivity contribution in [2.75, 3.05) is 0 Å². The number of hydrogen-bond donors (Lipinski definition) is 1. The summed E-state index contributed by atoms with van der Waals surface area (Å²) in [4.78, 5) is 22.3. The van der Waals surface area contributed by atoms with E-state index in [4.69, 9.17) is 11.6 Å². The fourth-order valence-corrected chi connectivity index (χ4v) is 6.13. The molecule has 5 rings (SSSR count). The second-order valence-corrected chi connectivity index (χ2v) is 9.79. The van der Waals surface area contributed by atoms with Crippen LogP contribution in [0.5, 0.6) is 0 Å². The van der Waals surface area contributed by atoms with Gasteiger partial charge in [-0.1, -0.05) is 47.6 Å². The van der Waals surface area contributed by atoms with Crippen molar-refractivity contribution in [2.45, 2.75) is 24.4 Å². The van der Waals surface area contributed by atoms with Crippen LogP contribution in [-0.2, 0) is 12.3 Å². The van der Waals surface area contributed by atoms with Gasteiger partial charge in [0, 0.05) is 28.1 Å². The average Bonchev–Trinajstić information content (AvgIpc) is 3.51. The summed E-state index contributed by atoms with van der Waals surface area (Å²) >= 11 is 10.9. The number of thiophene rings is 2. The number of H-pyrrole nitrogens is 1. The Labute approximate surface area is 195 Å². The van der Waals surface area contributed by atoms with Crippen molar-refractivity contribution >= 4 is 56.3 Å². The molecule has 4 heterocycles. The van der Waals surface area contributed by atoms with E-state index in [1.54, 1.807) is 11.3 Å². The van der Waals surface area contributed by atoms with Crippen LogP contribution in [0.2, 0.25) is 5.02 Å². The third kappa shape index (κ3) is 3.82. The molecule has 0 amide bonds. The van der Waals surface area contributed by atoms with Crippen LogP contribution < -0.4 is 5.56 Å². The van der Waals surface area contributed by atoms with Crippen molar-refractivity contribution in [3.05, 3.63) is 68.4 Å². The van der Waals surface area contributed by atoms with Crippen molar-refractivity contribution in [3.8, 4) is 21.8 Å². The molecule has 0 spiro atoms. The molecule has 0 aliphatic heterocycles. The van der Waals surface area contributed by atoms with Gasteiger partial charge in [-0.05, 0) is 24.4 Å². The van der Waals surface area contributed by atoms with E-state index < -0.39 is 0 Å². The summed E-state index contributed by atoms with van der Waals surface area (Å²) in [6.07, 6.45) is 0. The fraction of sp³-hybridized carbons (Fsp3) is 0.143. The van der Waals surface area contributed by atoms with E-state index in [0.29, 0.717) is 26.8 Å². The highest BCUT2D eigenvalue weighted by atomic mass is 35.5. The monoisotopic (exact) mass is 485 g/mol. The minimum absolute atomic E-state index is 0.159. The summed E-state index contributed by atoms with van der Waals surface area (Å²) < 4.78 is 2.08. The SMILES string of the molecule is CCn1c(SCc2nc3scc(-c4ccccc4Cl)c3c(=O)[nH]2)nnc1-c1cccs1. The predicted octanol–water partition coefficient (Wildman–Crippen LogP) is 5.94. The zero-order valence-corrected chi connectivity index (χ0v) is 19.5. The molecule has 0 aliphatic carbocycles. The van der Waals surface area contributed by atoms with Gasteiger partial charge in [-0.15, -0.1) is 32.9 Å². The van der Waals surface area contributed by atoms with Crippen LogP contribution in [0.4, 0.5) is 0 Å². The second-order valence-electron chi connectivity index (χ2n) is 6.64. The van der Waals surface area contributed by atoms with Crippen LogP contribution in [0, 0.1) is 0 Å². The first-order valence-electron chi connectivity index (χ1n) is 9.51. The quantitative estimate of drug-likeness (QED) is 0.301. The van der Waals surface area contributed by atoms with Crippen LogP contribution in [-0.4, -0.2) is 24.7 Å². The molecule has 0 unspecified atom stereocenters. The van der Waals surface area contributed by atoms with Crippen LogP contribution in [0.25, 0.3) is 32.0 Å². The van der Waals surface area contributed by atoms with Crippen molar-refractivity contribution in [2.24, 2.45) is 0 Å². The summed E-state index contributed by atoms with van der Waals surface area (Å²) in [7, 11) is 0. The fourth-order valence-electron chi connectivity index (χ4n) is 3.34. The maximum atomic E-state index is 12.9. The first-order chi connectivity index (χ1) is 15.2. The van der Waals surface area contributed by atoms with Crippen LogP contribution in [0.15, 0.2) is 57.1 Å². The maximum Gasteiger partial charge on any atom is 0.260 e. The van der Waals surface area contributed by atoms with Gasteiger partial charge in [-0.2, -0.15) is 0 Å². The molecule has 0 saturated heterocycles. The summed E-state index contributed by atoms with van der Waals surface area (Å²) in [6, 6.07) is 11.6. The summed E-state index contributed by atoms with van der Waals surface area (Å²) in [5.41, 5.74) is 1.49. The van der Waals surface area contributed by atoms with Crippen molar-refractivity contribution in [3.63, 3.8) is 0 Å². The molecule has 4 aromatic heterocycles. The van der Waals surface area contributed by atoms with Gasteiger partial charge in [-0.3, -0.25) is 4.79 Å². The van der Waals surface area contributed by atoms with Gasteiger partial charge < -0.3 is 9.55 Å². The number of halogens is 1. The normalized spacial score (nSPS) is 11.4. The first-order valence-corrected chi connectivity index (χ1v) is 12.6. The van der Waals surface area contributed by atoms with Gasteiger partial charge in [0.15, 0.2) is 11.0 Å². The van der Waals surface area contributed by atoms with Crippen molar-refractivity contribution < 1.29 is 0 Å². The predicted molar refractivity (Wildman–Crippen MR) is 129 cm³/mol. The summed E-state index contributed by atoms with van der Waals surface area (Å²) in [5.74, 6) is 1.96. The number of aromatic amines is 1. The number of fused-ring (bicyclic) bond motifs is 1. The Balaban J connectivity index is 1.44. The lowest BCUT2D eigenvalue weighted by Gasteiger charge is -2.06. The van der Waals surface area contributed by atoms with Gasteiger partial charge in [0.25, 0.3) is 5.56 Å². The molecule has 5 aromatic rings. The number of nitrogens with one attached hydrogen (secondary N) is 1. The van der Waals surface area contributed by atoms with E-state index in [0.717, 1.165) is 33.5 Å². The van der Waals surface area contributed by atoms with Gasteiger partial charge >= 0.3 is 0 Å². The van der Waals surface area contributed by atoms with Crippen LogP contribution in [0.3, 0.4) is 0 Å². The molecule has 0 radical (unpaired) electrons. The zero-order chi connectivity index (χ0) is 21.4. The standard InChI is InChI=1S/C21H16ClN5OS3/c1-2-27-18(15-8-5-9-29-15)25-26-21(27)31-11-16-23-19(28)17-13(10-30-20(17)24-16)12-6-3-4-7-14(12)22/h3-10H,2,11H2,1H3,(H,23,24,28). The van der Waals surface area contributed by atoms with Gasteiger partial charge in [0.1, 0.15) is 10.7 Å². The van der Waals surface area contributed by atoms with E-state index >= 15 is 0 Å². The lowest BCUT2D eigenvalue weighted by molar-refractivity contribution is 0.687. The molecular weight excluding hydrogens is 470 g/mol. The summed E-state index contributed by atoms with van der Waals surface area (Å²) in [6.45, 7) is 2.83. The van der Waals surface area contributed by atoms with Crippen molar-refractivity contribution in [1.29, 1.82) is 0 Å². The molecule has 156 valence electrons. The van der Waals surface area contributed by atoms with E-state index in [9.17, 15) is 4.79 Å². The Bertz CT molecular complexity index is 1420. The molecule has 1 N–H and O–H groups in total. The highest BCUT2D eigenvalue weighted by Gasteiger charge is 2.17. The number of thioether (sulfide) groups is 1. The molecule has 0 fully saturated rings. The van der Waals surface area contributed by atoms with Gasteiger partial charge in [-0.25, -0.2) is 4.98 Å². The topological polar surface area (TPSA) is 76.5 Å². The number of nitrogens with zero attached hydrogens (tertiary/aromatic N) is 4. The molecule has 0 bridgehead atoms. The highest BCUT2D eigenvalue weighted by molar-refractivity contribution is 7.98. The number of rotatable bonds is 6. The largest absolute Gasteiger partial charge is 0.309 e. The van der Waals surface area contributed by atoms with Gasteiger partial charge in [0.05, 0.1) is 16.0 Å². The van der Waals surface area contributed by atoms with Crippen LogP contribution in [0.1, 0.15) is 12.7 Å². The van der Waals surface area contributed by atoms with Gasteiger partial charge in [0.2, 0.25) is 0 Å². The first kappa shape index (κ1) is 20.4. The third-order valence-electron chi connectivity index (χ3n) is 4.77. The Kier molecular flexibility index (Phi) is 5.66. The minimum atomic E-state index is -0.159. The number of aromatic nitrogens is 5. The van der Waals surface area contributed by atoms with E-state index in [2.05, 4.69) is 31.7 Å². The molecule has 31 heavy (non-hydrogen) atoms. The third-order valence-corrected chi connectivity index (χ3v) is 7.82. The van der Waals surface area contributed by atoms with E-state index in [-0.39, 0.29) is 5.56 Å². The maximum absolute atomic E-state index is 12.9. The Morgan fingerprint density at radius 1 is 1.13 bits per heavy atom. The molecule has 10 heteroatoms. The lowest BCUT2D eigenvalue weighted by atomic mass is 10.1. The molecule has 0 saturated carbocycles. The lowest BCUT2D eigenvalue weighted by Crippen LogP contribution is -2.11. The zero-order valence-electron chi connectivity index (χ0n) is 16.3. The van der Waals surface area contributed by atoms with Crippen LogP contribution >= 0.6 is 46.0 Å². The van der Waals surface area contributed by atoms with E-state index in [1.807, 2.05) is 47.2 Å². The molecular formula is C21H16ClN5OS3.